The molecule has 1 nitrogen and oxygen atoms in total. The average molecular weight is 139 g/mol. The topological polar surface area (TPSA) is 12.0 Å². The zero-order valence-electron chi connectivity index (χ0n) is 7.36. The van der Waals surface area contributed by atoms with Gasteiger partial charge in [-0.1, -0.05) is 32.4 Å². The van der Waals surface area contributed by atoms with E-state index in [2.05, 4.69) is 39.1 Å². The van der Waals surface area contributed by atoms with Crippen LogP contribution in [-0.4, -0.2) is 12.6 Å². The Morgan fingerprint density at radius 2 is 2.10 bits per heavy atom. The van der Waals surface area contributed by atoms with Gasteiger partial charge in [0.15, 0.2) is 0 Å². The summed E-state index contributed by atoms with van der Waals surface area (Å²) in [5, 5.41) is 3.38. The molecular formula is C9H17N. The Bertz CT molecular complexity index is 151. The van der Waals surface area contributed by atoms with Gasteiger partial charge >= 0.3 is 0 Å². The van der Waals surface area contributed by atoms with E-state index >= 15 is 0 Å². The first-order valence-electron chi connectivity index (χ1n) is 3.95. The van der Waals surface area contributed by atoms with Gasteiger partial charge in [-0.25, -0.2) is 0 Å². The van der Waals surface area contributed by atoms with Crippen LogP contribution in [0.25, 0.3) is 0 Å². The molecular weight excluding hydrogens is 122 g/mol. The van der Waals surface area contributed by atoms with E-state index in [1.807, 2.05) is 0 Å². The van der Waals surface area contributed by atoms with Gasteiger partial charge in [0.1, 0.15) is 0 Å². The average Bonchev–Trinajstić information content (AvgIpc) is 2.11. The molecule has 1 heteroatoms. The molecule has 1 atom stereocenters. The lowest BCUT2D eigenvalue weighted by Gasteiger charge is -2.19. The summed E-state index contributed by atoms with van der Waals surface area (Å²) in [5.74, 6) is 0. The van der Waals surface area contributed by atoms with Crippen molar-refractivity contribution in [3.8, 4) is 0 Å². The van der Waals surface area contributed by atoms with E-state index < -0.39 is 0 Å². The normalized spacial score (nSPS) is 26.8. The van der Waals surface area contributed by atoms with Gasteiger partial charge in [0, 0.05) is 12.6 Å². The lowest BCUT2D eigenvalue weighted by molar-refractivity contribution is 0.494. The minimum Gasteiger partial charge on any atom is -0.307 e. The Labute approximate surface area is 63.5 Å². The van der Waals surface area contributed by atoms with E-state index in [1.165, 1.54) is 0 Å². The Morgan fingerprint density at radius 3 is 2.30 bits per heavy atom. The summed E-state index contributed by atoms with van der Waals surface area (Å²) in [6, 6.07) is 0.578. The first-order valence-corrected chi connectivity index (χ1v) is 3.95. The van der Waals surface area contributed by atoms with Gasteiger partial charge in [0.05, 0.1) is 0 Å². The molecule has 1 N–H and O–H groups in total. The molecule has 0 saturated heterocycles. The molecule has 0 bridgehead atoms. The van der Waals surface area contributed by atoms with Crippen molar-refractivity contribution < 1.29 is 0 Å². The van der Waals surface area contributed by atoms with Crippen molar-refractivity contribution in [1.29, 1.82) is 0 Å². The number of nitrogens with one attached hydrogen (secondary N) is 1. The zero-order chi connectivity index (χ0) is 7.78. The Balaban J connectivity index is 2.67. The van der Waals surface area contributed by atoms with Crippen molar-refractivity contribution in [2.75, 3.05) is 6.54 Å². The molecule has 10 heavy (non-hydrogen) atoms. The Morgan fingerprint density at radius 1 is 1.50 bits per heavy atom. The van der Waals surface area contributed by atoms with E-state index in [1.54, 1.807) is 5.57 Å². The fourth-order valence-electron chi connectivity index (χ4n) is 1.21. The summed E-state index contributed by atoms with van der Waals surface area (Å²) >= 11 is 0. The van der Waals surface area contributed by atoms with Gasteiger partial charge in [-0.2, -0.15) is 0 Å². The largest absolute Gasteiger partial charge is 0.307 e. The van der Waals surface area contributed by atoms with Crippen molar-refractivity contribution in [2.24, 2.45) is 5.41 Å². The van der Waals surface area contributed by atoms with Crippen molar-refractivity contribution in [1.82, 2.24) is 5.32 Å². The van der Waals surface area contributed by atoms with Gasteiger partial charge < -0.3 is 5.32 Å². The van der Waals surface area contributed by atoms with Gasteiger partial charge in [-0.3, -0.25) is 0 Å². The van der Waals surface area contributed by atoms with E-state index in [0.29, 0.717) is 11.5 Å². The lowest BCUT2D eigenvalue weighted by atomic mass is 9.87. The van der Waals surface area contributed by atoms with Crippen LogP contribution in [0.1, 0.15) is 27.7 Å². The molecule has 1 heterocycles. The molecule has 0 aliphatic carbocycles. The van der Waals surface area contributed by atoms with Crippen LogP contribution in [0, 0.1) is 5.41 Å². The summed E-state index contributed by atoms with van der Waals surface area (Å²) in [7, 11) is 0. The summed E-state index contributed by atoms with van der Waals surface area (Å²) < 4.78 is 0. The Kier molecular flexibility index (Phi) is 1.86. The highest BCUT2D eigenvalue weighted by molar-refractivity contribution is 5.20. The second-order valence-corrected chi connectivity index (χ2v) is 4.11. The highest BCUT2D eigenvalue weighted by Gasteiger charge is 2.21. The van der Waals surface area contributed by atoms with Gasteiger partial charge in [-0.15, -0.1) is 0 Å². The van der Waals surface area contributed by atoms with E-state index in [4.69, 9.17) is 0 Å². The van der Waals surface area contributed by atoms with Crippen LogP contribution in [0.4, 0.5) is 0 Å². The maximum absolute atomic E-state index is 3.38. The van der Waals surface area contributed by atoms with Crippen LogP contribution >= 0.6 is 0 Å². The second-order valence-electron chi connectivity index (χ2n) is 4.11. The van der Waals surface area contributed by atoms with Crippen molar-refractivity contribution in [3.63, 3.8) is 0 Å². The number of hydrogen-bond acceptors (Lipinski definition) is 1. The molecule has 0 radical (unpaired) electrons. The molecule has 0 amide bonds. The summed E-state index contributed by atoms with van der Waals surface area (Å²) in [5.41, 5.74) is 1.90. The smallest absolute Gasteiger partial charge is 0.0228 e. The van der Waals surface area contributed by atoms with Crippen molar-refractivity contribution in [2.45, 2.75) is 33.7 Å². The van der Waals surface area contributed by atoms with Gasteiger partial charge in [0.25, 0.3) is 0 Å². The molecule has 0 aromatic rings. The fourth-order valence-corrected chi connectivity index (χ4v) is 1.21. The third-order valence-electron chi connectivity index (χ3n) is 2.03. The highest BCUT2D eigenvalue weighted by atomic mass is 14.9. The van der Waals surface area contributed by atoms with Crippen molar-refractivity contribution >= 4 is 0 Å². The molecule has 58 valence electrons. The molecule has 1 unspecified atom stereocenters. The third kappa shape index (κ3) is 1.60. The summed E-state index contributed by atoms with van der Waals surface area (Å²) in [6.45, 7) is 10.1. The number of hydrogen-bond donors (Lipinski definition) is 1. The molecule has 1 aliphatic rings. The van der Waals surface area contributed by atoms with Crippen molar-refractivity contribution in [3.05, 3.63) is 11.6 Å². The molecule has 0 aromatic heterocycles. The standard InChI is InChI=1S/C9H17N/c1-7-5-8(6-10-7)9(2,3)4/h5,7,10H,6H2,1-4H3. The zero-order valence-corrected chi connectivity index (χ0v) is 7.36. The summed E-state index contributed by atoms with van der Waals surface area (Å²) in [6.07, 6.45) is 2.33. The lowest BCUT2D eigenvalue weighted by Crippen LogP contribution is -2.20. The molecule has 1 aliphatic heterocycles. The van der Waals surface area contributed by atoms with E-state index in [-0.39, 0.29) is 0 Å². The van der Waals surface area contributed by atoms with Gasteiger partial charge in [-0.05, 0) is 12.3 Å². The quantitative estimate of drug-likeness (QED) is 0.506. The van der Waals surface area contributed by atoms with E-state index in [0.717, 1.165) is 6.54 Å². The third-order valence-corrected chi connectivity index (χ3v) is 2.03. The van der Waals surface area contributed by atoms with Crippen LogP contribution < -0.4 is 5.32 Å². The van der Waals surface area contributed by atoms with Crippen LogP contribution in [0.5, 0.6) is 0 Å². The first-order chi connectivity index (χ1) is 4.50. The number of rotatable bonds is 0. The SMILES string of the molecule is CC1C=C(C(C)(C)C)CN1. The monoisotopic (exact) mass is 139 g/mol. The summed E-state index contributed by atoms with van der Waals surface area (Å²) in [4.78, 5) is 0. The second kappa shape index (κ2) is 2.39. The molecule has 1 rings (SSSR count). The van der Waals surface area contributed by atoms with Crippen LogP contribution in [0.2, 0.25) is 0 Å². The fraction of sp³-hybridized carbons (Fsp3) is 0.778. The van der Waals surface area contributed by atoms with Crippen LogP contribution in [0.3, 0.4) is 0 Å². The molecule has 0 spiro atoms. The predicted octanol–water partition coefficient (Wildman–Crippen LogP) is 1.95. The minimum absolute atomic E-state index is 0.359. The van der Waals surface area contributed by atoms with Gasteiger partial charge in [0.2, 0.25) is 0 Å². The van der Waals surface area contributed by atoms with Crippen LogP contribution in [-0.2, 0) is 0 Å². The maximum Gasteiger partial charge on any atom is 0.0228 e. The van der Waals surface area contributed by atoms with Crippen LogP contribution in [0.15, 0.2) is 11.6 Å². The highest BCUT2D eigenvalue weighted by Crippen LogP contribution is 2.27. The van der Waals surface area contributed by atoms with E-state index in [9.17, 15) is 0 Å². The minimum atomic E-state index is 0.359. The predicted molar refractivity (Wildman–Crippen MR) is 45.0 cm³/mol. The maximum atomic E-state index is 3.38. The molecule has 0 saturated carbocycles. The first kappa shape index (κ1) is 7.80. The Hall–Kier alpha value is -0.300. The molecule has 0 fully saturated rings. The molecule has 0 aromatic carbocycles.